The lowest BCUT2D eigenvalue weighted by atomic mass is 9.78. The molecule has 0 radical (unpaired) electrons. The number of thioether (sulfide) groups is 1. The lowest BCUT2D eigenvalue weighted by Gasteiger charge is -2.35. The van der Waals surface area contributed by atoms with Crippen LogP contribution in [0.1, 0.15) is 25.3 Å². The van der Waals surface area contributed by atoms with Gasteiger partial charge < -0.3 is 9.64 Å². The van der Waals surface area contributed by atoms with Crippen LogP contribution in [0.4, 0.5) is 5.69 Å². The zero-order valence-corrected chi connectivity index (χ0v) is 21.3. The Hall–Kier alpha value is -3.36. The number of carbonyl (C=O) groups excluding carboxylic acids is 2. The van der Waals surface area contributed by atoms with Gasteiger partial charge in [-0.2, -0.15) is 5.26 Å². The summed E-state index contributed by atoms with van der Waals surface area (Å²) in [6.07, 6.45) is 5.52. The van der Waals surface area contributed by atoms with E-state index in [1.807, 2.05) is 19.1 Å². The third-order valence-electron chi connectivity index (χ3n) is 5.86. The summed E-state index contributed by atoms with van der Waals surface area (Å²) in [6.45, 7) is 4.39. The molecule has 0 aromatic heterocycles. The number of halogens is 1. The largest absolute Gasteiger partial charge is 0.465 e. The number of alkyl halides is 1. The molecule has 3 heterocycles. The number of rotatable bonds is 6. The molecule has 0 bridgehead atoms. The molecule has 1 saturated heterocycles. The molecular weight excluding hydrogens is 536 g/mol. The molecule has 2 unspecified atom stereocenters. The number of hydrogen-bond donors (Lipinski definition) is 0. The Balaban J connectivity index is 1.80. The molecule has 9 nitrogen and oxygen atoms in total. The molecule has 1 aromatic carbocycles. The summed E-state index contributed by atoms with van der Waals surface area (Å²) in [5.74, 6) is -1.12. The Labute approximate surface area is 214 Å². The molecule has 4 rings (SSSR count). The number of allylic oxidation sites excluding steroid dienone is 5. The van der Waals surface area contributed by atoms with Gasteiger partial charge in [-0.3, -0.25) is 24.6 Å². The average Bonchev–Trinajstić information content (AvgIpc) is 3.14. The van der Waals surface area contributed by atoms with Crippen LogP contribution in [0.15, 0.2) is 70.1 Å². The molecule has 35 heavy (non-hydrogen) atoms. The fourth-order valence-electron chi connectivity index (χ4n) is 4.36. The van der Waals surface area contributed by atoms with E-state index in [2.05, 4.69) is 22.0 Å². The molecule has 3 aliphatic rings. The number of esters is 1. The van der Waals surface area contributed by atoms with Crippen LogP contribution in [0.2, 0.25) is 0 Å². The van der Waals surface area contributed by atoms with Crippen LogP contribution in [-0.2, 0) is 14.3 Å². The van der Waals surface area contributed by atoms with Gasteiger partial charge in [0, 0.05) is 36.5 Å². The van der Waals surface area contributed by atoms with Crippen LogP contribution >= 0.6 is 27.7 Å². The van der Waals surface area contributed by atoms with Crippen LogP contribution < -0.4 is 0 Å². The number of amides is 1. The minimum absolute atomic E-state index is 0.0773. The zero-order chi connectivity index (χ0) is 25.3. The Morgan fingerprint density at radius 1 is 1.43 bits per heavy atom. The lowest BCUT2D eigenvalue weighted by Crippen LogP contribution is -2.32. The molecule has 0 spiro atoms. The highest BCUT2D eigenvalue weighted by Gasteiger charge is 2.45. The molecule has 0 saturated carbocycles. The van der Waals surface area contributed by atoms with Gasteiger partial charge in [0.15, 0.2) is 0 Å². The first kappa shape index (κ1) is 24.8. The number of carbonyl (C=O) groups is 2. The molecule has 1 aromatic rings. The monoisotopic (exact) mass is 556 g/mol. The van der Waals surface area contributed by atoms with Crippen molar-refractivity contribution in [2.24, 2.45) is 0 Å². The number of nitriles is 1. The maximum Gasteiger partial charge on any atom is 0.325 e. The summed E-state index contributed by atoms with van der Waals surface area (Å²) in [4.78, 5) is 39.2. The van der Waals surface area contributed by atoms with Crippen molar-refractivity contribution >= 4 is 45.3 Å². The van der Waals surface area contributed by atoms with Gasteiger partial charge in [-0.25, -0.2) is 0 Å². The average molecular weight is 557 g/mol. The second kappa shape index (κ2) is 10.1. The molecule has 180 valence electrons. The number of hydrogen-bond acceptors (Lipinski definition) is 8. The Morgan fingerprint density at radius 3 is 2.83 bits per heavy atom. The predicted octanol–water partition coefficient (Wildman–Crippen LogP) is 4.32. The Bertz CT molecular complexity index is 1280. The number of nitrogens with zero attached hydrogens (tertiary/aromatic N) is 4. The van der Waals surface area contributed by atoms with Crippen molar-refractivity contribution in [2.45, 2.75) is 23.9 Å². The van der Waals surface area contributed by atoms with Crippen molar-refractivity contribution in [1.29, 1.82) is 5.26 Å². The van der Waals surface area contributed by atoms with E-state index in [4.69, 9.17) is 4.74 Å². The molecule has 1 fully saturated rings. The number of fused-ring (bicyclic) bond motifs is 1. The molecule has 0 aliphatic carbocycles. The fourth-order valence-corrected chi connectivity index (χ4v) is 6.12. The summed E-state index contributed by atoms with van der Waals surface area (Å²) in [5, 5.41) is 22.2. The van der Waals surface area contributed by atoms with Crippen molar-refractivity contribution in [2.75, 3.05) is 19.7 Å². The van der Waals surface area contributed by atoms with Crippen LogP contribution in [0, 0.1) is 21.4 Å². The van der Waals surface area contributed by atoms with Gasteiger partial charge in [0.1, 0.15) is 10.7 Å². The third kappa shape index (κ3) is 4.63. The lowest BCUT2D eigenvalue weighted by molar-refractivity contribution is -0.384. The minimum atomic E-state index is -0.600. The molecule has 0 N–H and O–H groups in total. The SMILES string of the molecule is CCOC(=O)CN1C=CC(C2=C(C)N3C(=O)C(Br)SC3=C(C#N)C2c2cccc([N+](=O)[O-])c2)=CC1. The number of benzene rings is 1. The van der Waals surface area contributed by atoms with E-state index >= 15 is 0 Å². The highest BCUT2D eigenvalue weighted by Crippen LogP contribution is 2.53. The van der Waals surface area contributed by atoms with E-state index in [1.54, 1.807) is 35.1 Å². The van der Waals surface area contributed by atoms with Gasteiger partial charge in [0.25, 0.3) is 11.6 Å². The zero-order valence-electron chi connectivity index (χ0n) is 18.9. The fraction of sp³-hybridized carbons (Fsp3) is 0.292. The second-order valence-electron chi connectivity index (χ2n) is 7.93. The predicted molar refractivity (Wildman–Crippen MR) is 134 cm³/mol. The van der Waals surface area contributed by atoms with E-state index in [-0.39, 0.29) is 24.1 Å². The van der Waals surface area contributed by atoms with E-state index in [0.29, 0.717) is 40.6 Å². The molecule has 1 amide bonds. The standard InChI is InChI=1S/C24H21BrN4O5S/c1-3-34-19(30)13-27-9-7-15(8-10-27)20-14(2)28-23(31)22(25)35-24(28)18(12-26)21(20)16-5-4-6-17(11-16)29(32)33/h4-9,11,21-22H,3,10,13H2,1-2H3. The second-order valence-corrected chi connectivity index (χ2v) is 10.5. The van der Waals surface area contributed by atoms with Gasteiger partial charge in [0.05, 0.1) is 28.2 Å². The smallest absolute Gasteiger partial charge is 0.325 e. The van der Waals surface area contributed by atoms with Gasteiger partial charge in [-0.15, -0.1) is 0 Å². The van der Waals surface area contributed by atoms with E-state index in [9.17, 15) is 25.0 Å². The number of ether oxygens (including phenoxy) is 1. The van der Waals surface area contributed by atoms with Crippen LogP contribution in [-0.4, -0.2) is 50.5 Å². The van der Waals surface area contributed by atoms with E-state index in [0.717, 1.165) is 5.57 Å². The summed E-state index contributed by atoms with van der Waals surface area (Å²) in [6, 6.07) is 8.50. The van der Waals surface area contributed by atoms with Gasteiger partial charge in [-0.05, 0) is 36.6 Å². The first-order valence-electron chi connectivity index (χ1n) is 10.8. The van der Waals surface area contributed by atoms with Crippen LogP contribution in [0.25, 0.3) is 0 Å². The third-order valence-corrected chi connectivity index (χ3v) is 7.85. The summed E-state index contributed by atoms with van der Waals surface area (Å²) >= 11 is 4.63. The minimum Gasteiger partial charge on any atom is -0.465 e. The first-order valence-corrected chi connectivity index (χ1v) is 12.6. The Morgan fingerprint density at radius 2 is 2.20 bits per heavy atom. The summed E-state index contributed by atoms with van der Waals surface area (Å²) in [5.41, 5.74) is 3.02. The van der Waals surface area contributed by atoms with Gasteiger partial charge in [0.2, 0.25) is 0 Å². The van der Waals surface area contributed by atoms with E-state index in [1.165, 1.54) is 23.9 Å². The van der Waals surface area contributed by atoms with Crippen molar-refractivity contribution < 1.29 is 19.2 Å². The topological polar surface area (TPSA) is 117 Å². The van der Waals surface area contributed by atoms with Crippen molar-refractivity contribution in [1.82, 2.24) is 9.80 Å². The quantitative estimate of drug-likeness (QED) is 0.220. The van der Waals surface area contributed by atoms with E-state index < -0.39 is 15.0 Å². The molecule has 11 heteroatoms. The van der Waals surface area contributed by atoms with Crippen molar-refractivity contribution in [3.8, 4) is 6.07 Å². The molecule has 3 aliphatic heterocycles. The van der Waals surface area contributed by atoms with Crippen LogP contribution in [0.3, 0.4) is 0 Å². The first-order chi connectivity index (χ1) is 16.8. The van der Waals surface area contributed by atoms with Crippen molar-refractivity contribution in [3.05, 3.63) is 85.7 Å². The number of non-ortho nitro benzene ring substituents is 1. The summed E-state index contributed by atoms with van der Waals surface area (Å²) < 4.78 is 4.48. The van der Waals surface area contributed by atoms with Crippen LogP contribution in [0.5, 0.6) is 0 Å². The normalized spacial score (nSPS) is 21.7. The summed E-state index contributed by atoms with van der Waals surface area (Å²) in [7, 11) is 0. The molecular formula is C24H21BrN4O5S. The highest BCUT2D eigenvalue weighted by atomic mass is 79.9. The Kier molecular flexibility index (Phi) is 7.14. The van der Waals surface area contributed by atoms with Gasteiger partial charge in [-0.1, -0.05) is 45.9 Å². The molecule has 2 atom stereocenters. The van der Waals surface area contributed by atoms with Crippen molar-refractivity contribution in [3.63, 3.8) is 0 Å². The number of nitro groups is 1. The number of nitro benzene ring substituents is 1. The highest BCUT2D eigenvalue weighted by molar-refractivity contribution is 9.11. The maximum atomic E-state index is 13.0. The van der Waals surface area contributed by atoms with Gasteiger partial charge >= 0.3 is 5.97 Å². The maximum absolute atomic E-state index is 13.0.